The van der Waals surface area contributed by atoms with E-state index in [0.29, 0.717) is 28.1 Å². The van der Waals surface area contributed by atoms with E-state index in [2.05, 4.69) is 41.0 Å². The number of esters is 1. The average molecular weight is 868 g/mol. The Morgan fingerprint density at radius 2 is 1.16 bits per heavy atom. The number of carbonyl (C=O) groups excluding carboxylic acids is 3. The number of carbonyl (C=O) groups is 4. The summed E-state index contributed by atoms with van der Waals surface area (Å²) in [6.07, 6.45) is 6.62. The number of amides is 2. The van der Waals surface area contributed by atoms with Crippen LogP contribution >= 0.6 is 22.7 Å². The van der Waals surface area contributed by atoms with Crippen LogP contribution < -0.4 is 16.4 Å². The lowest BCUT2D eigenvalue weighted by molar-refractivity contribution is -0.159. The van der Waals surface area contributed by atoms with E-state index in [9.17, 15) is 24.3 Å². The van der Waals surface area contributed by atoms with Gasteiger partial charge in [0.1, 0.15) is 27.3 Å². The largest absolute Gasteiger partial charge is 0.481 e. The van der Waals surface area contributed by atoms with E-state index in [0.717, 1.165) is 27.3 Å². The highest BCUT2D eigenvalue weighted by molar-refractivity contribution is 7.18. The van der Waals surface area contributed by atoms with Crippen molar-refractivity contribution in [3.8, 4) is 21.1 Å². The molecule has 6 aromatic rings. The molecule has 0 saturated heterocycles. The molecule has 0 spiro atoms. The molecule has 0 aliphatic heterocycles. The molecule has 0 bridgehead atoms. The van der Waals surface area contributed by atoms with Crippen LogP contribution in [0.5, 0.6) is 0 Å². The van der Waals surface area contributed by atoms with Crippen LogP contribution in [0.3, 0.4) is 0 Å². The lowest BCUT2D eigenvalue weighted by Crippen LogP contribution is -2.47. The fourth-order valence-electron chi connectivity index (χ4n) is 5.16. The number of carboxylic acids is 1. The summed E-state index contributed by atoms with van der Waals surface area (Å²) in [5, 5.41) is 32.6. The van der Waals surface area contributed by atoms with Crippen LogP contribution in [-0.2, 0) is 36.7 Å². The summed E-state index contributed by atoms with van der Waals surface area (Å²) in [5.41, 5.74) is 7.85. The number of alkyl carbamates (subject to hydrolysis) is 1. The van der Waals surface area contributed by atoms with Gasteiger partial charge in [-0.05, 0) is 83.4 Å². The molecule has 0 aliphatic carbocycles. The number of hydrogen-bond acceptors (Lipinski definition) is 15. The molecule has 16 nitrogen and oxygen atoms in total. The molecule has 2 atom stereocenters. The van der Waals surface area contributed by atoms with E-state index in [1.807, 2.05) is 84.9 Å². The van der Waals surface area contributed by atoms with Gasteiger partial charge in [-0.25, -0.2) is 4.79 Å². The minimum absolute atomic E-state index is 0.110. The highest BCUT2D eigenvalue weighted by atomic mass is 32.1. The fourth-order valence-corrected chi connectivity index (χ4v) is 6.53. The van der Waals surface area contributed by atoms with Crippen LogP contribution in [-0.4, -0.2) is 76.7 Å². The van der Waals surface area contributed by atoms with Crippen molar-refractivity contribution in [3.05, 3.63) is 121 Å². The molecule has 4 heterocycles. The Bertz CT molecular complexity index is 2280. The number of carboxylic acid groups (broad SMARTS) is 1. The van der Waals surface area contributed by atoms with Gasteiger partial charge in [-0.2, -0.15) is 0 Å². The van der Waals surface area contributed by atoms with E-state index in [4.69, 9.17) is 15.2 Å². The zero-order valence-electron chi connectivity index (χ0n) is 34.6. The predicted molar refractivity (Wildman–Crippen MR) is 234 cm³/mol. The summed E-state index contributed by atoms with van der Waals surface area (Å²) in [5.74, 6) is -2.61. The van der Waals surface area contributed by atoms with E-state index in [1.54, 1.807) is 66.3 Å². The van der Waals surface area contributed by atoms with Gasteiger partial charge in [0.2, 0.25) is 16.2 Å². The first kappa shape index (κ1) is 47.0. The van der Waals surface area contributed by atoms with Crippen LogP contribution in [0, 0.1) is 5.92 Å². The number of aromatic nitrogens is 6. The van der Waals surface area contributed by atoms with Gasteiger partial charge in [0, 0.05) is 42.3 Å². The summed E-state index contributed by atoms with van der Waals surface area (Å²) >= 11 is 2.61. The maximum Gasteiger partial charge on any atom is 0.408 e. The van der Waals surface area contributed by atoms with Crippen LogP contribution in [0.1, 0.15) is 59.1 Å². The lowest BCUT2D eigenvalue weighted by Gasteiger charge is -2.23. The number of hydrogen-bond donors (Lipinski definition) is 4. The Morgan fingerprint density at radius 1 is 0.672 bits per heavy atom. The topological polar surface area (TPSA) is 234 Å². The summed E-state index contributed by atoms with van der Waals surface area (Å²) < 4.78 is 10.5. The number of pyridine rings is 2. The molecule has 6 rings (SSSR count). The average Bonchev–Trinajstić information content (AvgIpc) is 3.87. The lowest BCUT2D eigenvalue weighted by atomic mass is 9.96. The molecule has 0 unspecified atom stereocenters. The molecule has 4 aromatic heterocycles. The Labute approximate surface area is 362 Å². The number of rotatable bonds is 12. The van der Waals surface area contributed by atoms with Crippen LogP contribution in [0.25, 0.3) is 21.1 Å². The smallest absolute Gasteiger partial charge is 0.408 e. The molecule has 0 aliphatic rings. The number of ether oxygens (including phenoxy) is 2. The fraction of sp³-hybridized carbons (Fsp3) is 0.302. The minimum atomic E-state index is -0.977. The first-order valence-electron chi connectivity index (χ1n) is 19.0. The molecular formula is C43H49N9O7S2. The SMILES string of the molecule is CC(C)(C)OC(=O)C[C@@H](Cc1ccccc1)C(=O)O.CC(C)(C)OC(=O)N[C@@H](Cc1ccccc1)C(=O)Nc1nnc(-c2ccncc2)s1.Nc1nnc(-c2ccncc2)s1. The van der Waals surface area contributed by atoms with Crippen LogP contribution in [0.15, 0.2) is 110 Å². The van der Waals surface area contributed by atoms with Gasteiger partial charge in [0.05, 0.1) is 12.3 Å². The van der Waals surface area contributed by atoms with Crippen molar-refractivity contribution in [2.75, 3.05) is 11.1 Å². The van der Waals surface area contributed by atoms with Crippen molar-refractivity contribution in [2.45, 2.75) is 78.0 Å². The zero-order chi connectivity index (χ0) is 44.4. The summed E-state index contributed by atoms with van der Waals surface area (Å²) in [7, 11) is 0. The Morgan fingerprint density at radius 3 is 1.64 bits per heavy atom. The molecular weight excluding hydrogens is 819 g/mol. The predicted octanol–water partition coefficient (Wildman–Crippen LogP) is 7.52. The third-order valence-electron chi connectivity index (χ3n) is 7.75. The third kappa shape index (κ3) is 17.6. The molecule has 5 N–H and O–H groups in total. The number of benzene rings is 2. The van der Waals surface area contributed by atoms with E-state index < -0.39 is 47.1 Å². The second-order valence-electron chi connectivity index (χ2n) is 15.2. The second-order valence-corrected chi connectivity index (χ2v) is 17.2. The quantitative estimate of drug-likeness (QED) is 0.0872. The monoisotopic (exact) mass is 867 g/mol. The van der Waals surface area contributed by atoms with E-state index in [1.165, 1.54) is 22.7 Å². The zero-order valence-corrected chi connectivity index (χ0v) is 36.3. The molecule has 61 heavy (non-hydrogen) atoms. The van der Waals surface area contributed by atoms with E-state index >= 15 is 0 Å². The van der Waals surface area contributed by atoms with Gasteiger partial charge in [0.25, 0.3) is 0 Å². The van der Waals surface area contributed by atoms with Crippen LogP contribution in [0.2, 0.25) is 0 Å². The highest BCUT2D eigenvalue weighted by Crippen LogP contribution is 2.26. The Balaban J connectivity index is 0.000000224. The first-order valence-corrected chi connectivity index (χ1v) is 20.6. The first-order chi connectivity index (χ1) is 28.9. The summed E-state index contributed by atoms with van der Waals surface area (Å²) in [4.78, 5) is 55.9. The molecule has 2 amide bonds. The highest BCUT2D eigenvalue weighted by Gasteiger charge is 2.27. The van der Waals surface area contributed by atoms with Gasteiger partial charge in [-0.3, -0.25) is 29.7 Å². The molecule has 320 valence electrons. The molecule has 0 radical (unpaired) electrons. The van der Waals surface area contributed by atoms with Crippen LogP contribution in [0.4, 0.5) is 15.1 Å². The van der Waals surface area contributed by atoms with Gasteiger partial charge in [0.15, 0.2) is 0 Å². The van der Waals surface area contributed by atoms with Gasteiger partial charge >= 0.3 is 18.0 Å². The Hall–Kier alpha value is -6.66. The van der Waals surface area contributed by atoms with Crippen molar-refractivity contribution in [1.82, 2.24) is 35.7 Å². The van der Waals surface area contributed by atoms with Gasteiger partial charge in [-0.15, -0.1) is 20.4 Å². The normalized spacial score (nSPS) is 11.9. The second kappa shape index (κ2) is 22.6. The number of nitrogen functional groups attached to an aromatic ring is 1. The number of nitrogens with zero attached hydrogens (tertiary/aromatic N) is 6. The van der Waals surface area contributed by atoms with Crippen molar-refractivity contribution in [1.29, 1.82) is 0 Å². The maximum atomic E-state index is 12.9. The number of aliphatic carboxylic acids is 1. The van der Waals surface area contributed by atoms with E-state index in [-0.39, 0.29) is 6.42 Å². The number of nitrogens with two attached hydrogens (primary N) is 1. The van der Waals surface area contributed by atoms with Crippen molar-refractivity contribution < 1.29 is 33.8 Å². The summed E-state index contributed by atoms with van der Waals surface area (Å²) in [6, 6.07) is 25.2. The minimum Gasteiger partial charge on any atom is -0.481 e. The van der Waals surface area contributed by atoms with Crippen molar-refractivity contribution in [3.63, 3.8) is 0 Å². The third-order valence-corrected chi connectivity index (χ3v) is 9.44. The Kier molecular flexibility index (Phi) is 17.5. The van der Waals surface area contributed by atoms with Gasteiger partial charge in [-0.1, -0.05) is 83.3 Å². The molecule has 18 heteroatoms. The standard InChI is InChI=1S/C21H23N5O3S.C15H20O4.C7H6N4S/c1-21(2,3)29-20(28)23-16(13-14-7-5-4-6-8-14)17(27)24-19-26-25-18(30-19)15-9-11-22-12-10-15;1-15(2,3)19-13(16)10-12(14(17)18)9-11-7-5-4-6-8-11;8-7-11-10-6(12-7)5-1-3-9-4-2-5/h4-12,16H,13H2,1-3H3,(H,23,28)(H,24,26,27);4-8,12H,9-10H2,1-3H3,(H,17,18);1-4H,(H2,8,11)/t16-;12-;/m01./s1. The molecule has 0 saturated carbocycles. The van der Waals surface area contributed by atoms with Gasteiger partial charge < -0.3 is 25.6 Å². The number of nitrogens with one attached hydrogen (secondary N) is 2. The molecule has 2 aromatic carbocycles. The maximum absolute atomic E-state index is 12.9. The van der Waals surface area contributed by atoms with Crippen molar-refractivity contribution >= 4 is 56.9 Å². The summed E-state index contributed by atoms with van der Waals surface area (Å²) in [6.45, 7) is 10.6. The number of anilines is 2. The van der Waals surface area contributed by atoms with Crippen molar-refractivity contribution in [2.24, 2.45) is 5.92 Å². The molecule has 0 fully saturated rings.